The van der Waals surface area contributed by atoms with Crippen LogP contribution in [-0.4, -0.2) is 33.1 Å². The molecule has 0 heterocycles. The van der Waals surface area contributed by atoms with Crippen LogP contribution in [-0.2, 0) is 9.53 Å². The molecular formula is C26H23ClO5. The van der Waals surface area contributed by atoms with Gasteiger partial charge in [-0.1, -0.05) is 35.9 Å². The fourth-order valence-electron chi connectivity index (χ4n) is 3.28. The third-order valence-electron chi connectivity index (χ3n) is 5.00. The van der Waals surface area contributed by atoms with E-state index in [2.05, 4.69) is 0 Å². The van der Waals surface area contributed by atoms with Gasteiger partial charge in [0.15, 0.2) is 5.78 Å². The minimum absolute atomic E-state index is 0.273. The second kappa shape index (κ2) is 10.6. The van der Waals surface area contributed by atoms with E-state index in [0.29, 0.717) is 27.6 Å². The molecule has 0 spiro atoms. The van der Waals surface area contributed by atoms with E-state index >= 15 is 0 Å². The summed E-state index contributed by atoms with van der Waals surface area (Å²) >= 11 is 6.03. The number of ether oxygens (including phenoxy) is 3. The van der Waals surface area contributed by atoms with E-state index in [1.54, 1.807) is 81.0 Å². The maximum Gasteiger partial charge on any atom is 0.317 e. The molecule has 0 aromatic heterocycles. The number of rotatable bonds is 8. The second-order valence-electron chi connectivity index (χ2n) is 6.94. The molecule has 32 heavy (non-hydrogen) atoms. The molecule has 0 aliphatic heterocycles. The summed E-state index contributed by atoms with van der Waals surface area (Å²) in [4.78, 5) is 26.5. The summed E-state index contributed by atoms with van der Waals surface area (Å²) in [5, 5.41) is 0.527. The maximum absolute atomic E-state index is 13.6. The summed E-state index contributed by atoms with van der Waals surface area (Å²) in [6, 6.07) is 20.7. The van der Waals surface area contributed by atoms with Crippen molar-refractivity contribution in [3.8, 4) is 11.5 Å². The molecule has 3 aromatic carbocycles. The van der Waals surface area contributed by atoms with Crippen LogP contribution in [0.1, 0.15) is 27.4 Å². The van der Waals surface area contributed by atoms with Gasteiger partial charge in [-0.25, -0.2) is 0 Å². The molecule has 6 heteroatoms. The average Bonchev–Trinajstić information content (AvgIpc) is 2.84. The zero-order valence-corrected chi connectivity index (χ0v) is 18.8. The molecule has 0 saturated heterocycles. The van der Waals surface area contributed by atoms with Gasteiger partial charge in [0.25, 0.3) is 0 Å². The molecule has 1 atom stereocenters. The number of esters is 1. The number of methoxy groups -OCH3 is 3. The molecule has 0 fully saturated rings. The molecule has 0 bridgehead atoms. The van der Waals surface area contributed by atoms with Crippen LogP contribution in [0.5, 0.6) is 11.5 Å². The molecule has 0 N–H and O–H groups in total. The highest BCUT2D eigenvalue weighted by Crippen LogP contribution is 2.32. The van der Waals surface area contributed by atoms with Crippen LogP contribution < -0.4 is 9.47 Å². The maximum atomic E-state index is 13.6. The summed E-state index contributed by atoms with van der Waals surface area (Å²) in [6.07, 6.45) is 1.70. The molecule has 3 aromatic rings. The van der Waals surface area contributed by atoms with Crippen molar-refractivity contribution in [3.05, 3.63) is 100 Å². The first-order valence-corrected chi connectivity index (χ1v) is 10.2. The number of ketones is 1. The lowest BCUT2D eigenvalue weighted by molar-refractivity contribution is -0.141. The Hall–Kier alpha value is -3.57. The molecule has 5 nitrogen and oxygen atoms in total. The lowest BCUT2D eigenvalue weighted by atomic mass is 9.85. The Morgan fingerprint density at radius 3 is 1.81 bits per heavy atom. The summed E-state index contributed by atoms with van der Waals surface area (Å²) in [7, 11) is 4.44. The highest BCUT2D eigenvalue weighted by molar-refractivity contribution is 6.30. The molecule has 0 amide bonds. The Balaban J connectivity index is 2.15. The van der Waals surface area contributed by atoms with Gasteiger partial charge < -0.3 is 14.2 Å². The average molecular weight is 451 g/mol. The summed E-state index contributed by atoms with van der Waals surface area (Å²) < 4.78 is 15.5. The fourth-order valence-corrected chi connectivity index (χ4v) is 3.41. The molecule has 0 radical (unpaired) electrons. The highest BCUT2D eigenvalue weighted by atomic mass is 35.5. The van der Waals surface area contributed by atoms with Crippen molar-refractivity contribution in [2.75, 3.05) is 21.3 Å². The summed E-state index contributed by atoms with van der Waals surface area (Å²) in [5.74, 6) is -0.464. The Morgan fingerprint density at radius 2 is 1.31 bits per heavy atom. The Morgan fingerprint density at radius 1 is 0.781 bits per heavy atom. The van der Waals surface area contributed by atoms with Gasteiger partial charge in [0.1, 0.15) is 17.4 Å². The van der Waals surface area contributed by atoms with Crippen LogP contribution in [0.4, 0.5) is 0 Å². The largest absolute Gasteiger partial charge is 0.497 e. The number of hydrogen-bond donors (Lipinski definition) is 0. The zero-order valence-electron chi connectivity index (χ0n) is 18.0. The van der Waals surface area contributed by atoms with E-state index in [4.69, 9.17) is 25.8 Å². The van der Waals surface area contributed by atoms with E-state index in [9.17, 15) is 9.59 Å². The quantitative estimate of drug-likeness (QED) is 0.254. The molecule has 0 saturated carbocycles. The van der Waals surface area contributed by atoms with Gasteiger partial charge in [-0.3, -0.25) is 9.59 Å². The number of carbonyl (C=O) groups is 2. The zero-order chi connectivity index (χ0) is 23.1. The normalized spacial score (nSPS) is 12.1. The van der Waals surface area contributed by atoms with E-state index in [1.165, 1.54) is 7.11 Å². The first-order valence-electron chi connectivity index (χ1n) is 9.84. The third-order valence-corrected chi connectivity index (χ3v) is 5.26. The van der Waals surface area contributed by atoms with Crippen molar-refractivity contribution < 1.29 is 23.8 Å². The first-order chi connectivity index (χ1) is 15.5. The van der Waals surface area contributed by atoms with Gasteiger partial charge in [-0.2, -0.15) is 0 Å². The number of benzene rings is 3. The SMILES string of the molecule is COC(=O)C(/C(=C\c1ccc(OC)cc1)C(=O)c1ccc(OC)cc1)c1ccc(Cl)cc1. The number of halogens is 1. The van der Waals surface area contributed by atoms with Crippen molar-refractivity contribution in [2.24, 2.45) is 0 Å². The van der Waals surface area contributed by atoms with Gasteiger partial charge in [0.05, 0.1) is 21.3 Å². The van der Waals surface area contributed by atoms with Gasteiger partial charge in [-0.05, 0) is 65.7 Å². The van der Waals surface area contributed by atoms with Crippen LogP contribution in [0.25, 0.3) is 6.08 Å². The summed E-state index contributed by atoms with van der Waals surface area (Å²) in [6.45, 7) is 0. The number of Topliss-reactive ketones (excluding diaryl/α,β-unsaturated/α-hetero) is 1. The van der Waals surface area contributed by atoms with Crippen molar-refractivity contribution in [1.29, 1.82) is 0 Å². The molecule has 0 aliphatic carbocycles. The minimum atomic E-state index is -0.936. The fraction of sp³-hybridized carbons (Fsp3) is 0.154. The predicted octanol–water partition coefficient (Wildman–Crippen LogP) is 5.58. The van der Waals surface area contributed by atoms with E-state index in [1.807, 2.05) is 12.1 Å². The highest BCUT2D eigenvalue weighted by Gasteiger charge is 2.31. The third kappa shape index (κ3) is 5.37. The standard InChI is InChI=1S/C26H23ClO5/c1-30-21-12-4-17(5-13-21)16-23(25(28)19-8-14-22(31-2)15-9-19)24(26(29)32-3)18-6-10-20(27)11-7-18/h4-16,24H,1-3H3/b23-16+. The van der Waals surface area contributed by atoms with Crippen LogP contribution in [0.3, 0.4) is 0 Å². The van der Waals surface area contributed by atoms with Crippen molar-refractivity contribution in [1.82, 2.24) is 0 Å². The van der Waals surface area contributed by atoms with Gasteiger partial charge >= 0.3 is 5.97 Å². The Labute approximate surface area is 192 Å². The molecule has 1 unspecified atom stereocenters. The Bertz CT molecular complexity index is 1100. The lowest BCUT2D eigenvalue weighted by Gasteiger charge is -2.19. The van der Waals surface area contributed by atoms with Crippen LogP contribution in [0.15, 0.2) is 78.4 Å². The van der Waals surface area contributed by atoms with Gasteiger partial charge in [0, 0.05) is 16.2 Å². The topological polar surface area (TPSA) is 61.8 Å². The monoisotopic (exact) mass is 450 g/mol. The molecular weight excluding hydrogens is 428 g/mol. The van der Waals surface area contributed by atoms with E-state index in [-0.39, 0.29) is 11.4 Å². The number of carbonyl (C=O) groups excluding carboxylic acids is 2. The van der Waals surface area contributed by atoms with Crippen LogP contribution in [0.2, 0.25) is 5.02 Å². The molecule has 164 valence electrons. The van der Waals surface area contributed by atoms with Crippen molar-refractivity contribution in [2.45, 2.75) is 5.92 Å². The second-order valence-corrected chi connectivity index (χ2v) is 7.37. The first kappa shape index (κ1) is 23.1. The van der Waals surface area contributed by atoms with Gasteiger partial charge in [0.2, 0.25) is 0 Å². The van der Waals surface area contributed by atoms with Crippen molar-refractivity contribution in [3.63, 3.8) is 0 Å². The summed E-state index contributed by atoms with van der Waals surface area (Å²) in [5.41, 5.74) is 2.04. The number of hydrogen-bond acceptors (Lipinski definition) is 5. The smallest absolute Gasteiger partial charge is 0.317 e. The van der Waals surface area contributed by atoms with Crippen LogP contribution >= 0.6 is 11.6 Å². The molecule has 0 aliphatic rings. The van der Waals surface area contributed by atoms with Crippen LogP contribution in [0, 0.1) is 0 Å². The van der Waals surface area contributed by atoms with Gasteiger partial charge in [-0.15, -0.1) is 0 Å². The van der Waals surface area contributed by atoms with E-state index in [0.717, 1.165) is 5.56 Å². The minimum Gasteiger partial charge on any atom is -0.497 e. The lowest BCUT2D eigenvalue weighted by Crippen LogP contribution is -2.21. The van der Waals surface area contributed by atoms with E-state index < -0.39 is 11.9 Å². The molecule has 3 rings (SSSR count). The Kier molecular flexibility index (Phi) is 7.68. The predicted molar refractivity (Wildman–Crippen MR) is 125 cm³/mol. The van der Waals surface area contributed by atoms with Crippen molar-refractivity contribution >= 4 is 29.4 Å².